The third-order valence-corrected chi connectivity index (χ3v) is 7.65. The Morgan fingerprint density at radius 3 is 2.43 bits per heavy atom. The first kappa shape index (κ1) is 27.2. The van der Waals surface area contributed by atoms with Gasteiger partial charge in [0.1, 0.15) is 18.4 Å². The molecule has 35 heavy (non-hydrogen) atoms. The zero-order chi connectivity index (χ0) is 25.8. The van der Waals surface area contributed by atoms with Gasteiger partial charge in [0.05, 0.1) is 17.0 Å². The zero-order valence-electron chi connectivity index (χ0n) is 19.5. The van der Waals surface area contributed by atoms with Crippen LogP contribution in [0.5, 0.6) is 0 Å². The number of anilines is 1. The molecule has 0 aliphatic heterocycles. The van der Waals surface area contributed by atoms with Crippen LogP contribution in [-0.4, -0.2) is 50.0 Å². The van der Waals surface area contributed by atoms with Gasteiger partial charge in [-0.1, -0.05) is 48.2 Å². The smallest absolute Gasteiger partial charge is 0.244 e. The van der Waals surface area contributed by atoms with E-state index in [1.807, 2.05) is 0 Å². The van der Waals surface area contributed by atoms with Crippen LogP contribution in [0, 0.1) is 5.82 Å². The number of benzene rings is 2. The lowest BCUT2D eigenvalue weighted by atomic mass is 10.1. The fourth-order valence-electron chi connectivity index (χ4n) is 4.06. The third kappa shape index (κ3) is 7.32. The second kappa shape index (κ2) is 11.6. The van der Waals surface area contributed by atoms with Crippen molar-refractivity contribution in [3.63, 3.8) is 0 Å². The number of carbonyl (C=O) groups is 2. The Hall–Kier alpha value is -2.36. The molecule has 7 nitrogen and oxygen atoms in total. The highest BCUT2D eigenvalue weighted by atomic mass is 35.5. The number of sulfonamides is 1. The number of hydrogen-bond acceptors (Lipinski definition) is 4. The summed E-state index contributed by atoms with van der Waals surface area (Å²) in [6.45, 7) is 1.05. The summed E-state index contributed by atoms with van der Waals surface area (Å²) in [7, 11) is -3.94. The van der Waals surface area contributed by atoms with Gasteiger partial charge in [0.15, 0.2) is 0 Å². The molecule has 1 fully saturated rings. The van der Waals surface area contributed by atoms with Gasteiger partial charge in [0.2, 0.25) is 21.8 Å². The maximum absolute atomic E-state index is 13.7. The van der Waals surface area contributed by atoms with E-state index in [4.69, 9.17) is 23.2 Å². The Labute approximate surface area is 215 Å². The Morgan fingerprint density at radius 2 is 1.83 bits per heavy atom. The van der Waals surface area contributed by atoms with Crippen LogP contribution in [0.1, 0.15) is 38.2 Å². The summed E-state index contributed by atoms with van der Waals surface area (Å²) in [6, 6.07) is 9.45. The van der Waals surface area contributed by atoms with Crippen molar-refractivity contribution in [1.29, 1.82) is 0 Å². The maximum Gasteiger partial charge on any atom is 0.244 e. The van der Waals surface area contributed by atoms with Gasteiger partial charge in [-0.3, -0.25) is 13.9 Å². The lowest BCUT2D eigenvalue weighted by Crippen LogP contribution is -2.52. The minimum absolute atomic E-state index is 0.0398. The number of halogens is 3. The molecular weight excluding hydrogens is 516 g/mol. The predicted molar refractivity (Wildman–Crippen MR) is 135 cm³/mol. The summed E-state index contributed by atoms with van der Waals surface area (Å²) < 4.78 is 39.6. The van der Waals surface area contributed by atoms with Crippen LogP contribution in [0.3, 0.4) is 0 Å². The molecule has 2 aromatic rings. The van der Waals surface area contributed by atoms with Crippen molar-refractivity contribution in [3.05, 3.63) is 63.9 Å². The van der Waals surface area contributed by atoms with E-state index in [2.05, 4.69) is 5.32 Å². The molecular formula is C24H28Cl2FN3O4S. The van der Waals surface area contributed by atoms with Crippen molar-refractivity contribution in [3.8, 4) is 0 Å². The van der Waals surface area contributed by atoms with Crippen LogP contribution in [0.25, 0.3) is 0 Å². The number of rotatable bonds is 9. The Balaban J connectivity index is 1.89. The minimum Gasteiger partial charge on any atom is -0.352 e. The highest BCUT2D eigenvalue weighted by molar-refractivity contribution is 7.92. The highest BCUT2D eigenvalue weighted by Gasteiger charge is 2.31. The molecule has 190 valence electrons. The molecule has 1 N–H and O–H groups in total. The molecule has 0 saturated heterocycles. The standard InChI is InChI=1S/C24H28Cl2FN3O4S/c1-16(24(32)28-19-8-3-4-9-19)29(14-17-6-5-7-18(25)12-17)23(31)15-30(35(2,33)34)20-10-11-22(27)21(26)13-20/h5-7,10-13,16,19H,3-4,8-9,14-15H2,1-2H3,(H,28,32)/t16-/m0/s1. The first-order valence-electron chi connectivity index (χ1n) is 11.2. The van der Waals surface area contributed by atoms with E-state index in [0.717, 1.165) is 48.4 Å². The number of nitrogens with one attached hydrogen (secondary N) is 1. The van der Waals surface area contributed by atoms with Gasteiger partial charge in [-0.15, -0.1) is 0 Å². The lowest BCUT2D eigenvalue weighted by Gasteiger charge is -2.32. The number of amides is 2. The van der Waals surface area contributed by atoms with E-state index in [0.29, 0.717) is 10.6 Å². The number of nitrogens with zero attached hydrogens (tertiary/aromatic N) is 2. The summed E-state index contributed by atoms with van der Waals surface area (Å²) in [5.74, 6) is -1.64. The number of hydrogen-bond donors (Lipinski definition) is 1. The van der Waals surface area contributed by atoms with Gasteiger partial charge in [0, 0.05) is 17.6 Å². The predicted octanol–water partition coefficient (Wildman–Crippen LogP) is 4.37. The topological polar surface area (TPSA) is 86.8 Å². The fourth-order valence-corrected chi connectivity index (χ4v) is 5.29. The third-order valence-electron chi connectivity index (χ3n) is 5.98. The van der Waals surface area contributed by atoms with E-state index >= 15 is 0 Å². The first-order chi connectivity index (χ1) is 16.5. The first-order valence-corrected chi connectivity index (χ1v) is 13.8. The van der Waals surface area contributed by atoms with Crippen LogP contribution < -0.4 is 9.62 Å². The Bertz CT molecular complexity index is 1190. The van der Waals surface area contributed by atoms with E-state index in [1.165, 1.54) is 11.0 Å². The lowest BCUT2D eigenvalue weighted by molar-refractivity contribution is -0.139. The monoisotopic (exact) mass is 543 g/mol. The molecule has 0 aromatic heterocycles. The molecule has 0 bridgehead atoms. The molecule has 2 aromatic carbocycles. The molecule has 1 aliphatic rings. The largest absolute Gasteiger partial charge is 0.352 e. The molecule has 0 heterocycles. The molecule has 0 unspecified atom stereocenters. The molecule has 0 spiro atoms. The van der Waals surface area contributed by atoms with Crippen molar-refractivity contribution in [1.82, 2.24) is 10.2 Å². The maximum atomic E-state index is 13.7. The summed E-state index contributed by atoms with van der Waals surface area (Å²) in [4.78, 5) is 27.8. The average molecular weight is 544 g/mol. The van der Waals surface area contributed by atoms with Crippen LogP contribution in [-0.2, 0) is 26.2 Å². The van der Waals surface area contributed by atoms with Gasteiger partial charge >= 0.3 is 0 Å². The molecule has 3 rings (SSSR count). The SMILES string of the molecule is C[C@@H](C(=O)NC1CCCC1)N(Cc1cccc(Cl)c1)C(=O)CN(c1ccc(F)c(Cl)c1)S(C)(=O)=O. The molecule has 11 heteroatoms. The van der Waals surface area contributed by atoms with Gasteiger partial charge in [-0.05, 0) is 55.7 Å². The van der Waals surface area contributed by atoms with Crippen molar-refractivity contribution in [2.75, 3.05) is 17.1 Å². The van der Waals surface area contributed by atoms with Crippen LogP contribution in [0.2, 0.25) is 10.0 Å². The molecule has 1 atom stereocenters. The molecule has 0 radical (unpaired) electrons. The molecule has 1 saturated carbocycles. The van der Waals surface area contributed by atoms with E-state index < -0.39 is 34.3 Å². The van der Waals surface area contributed by atoms with E-state index in [-0.39, 0.29) is 29.2 Å². The van der Waals surface area contributed by atoms with Crippen molar-refractivity contribution >= 4 is 50.7 Å². The fraction of sp³-hybridized carbons (Fsp3) is 0.417. The van der Waals surface area contributed by atoms with Gasteiger partial charge < -0.3 is 10.2 Å². The zero-order valence-corrected chi connectivity index (χ0v) is 21.8. The molecule has 2 amide bonds. The van der Waals surface area contributed by atoms with Crippen molar-refractivity contribution in [2.24, 2.45) is 0 Å². The minimum atomic E-state index is -3.94. The summed E-state index contributed by atoms with van der Waals surface area (Å²) in [6.07, 6.45) is 4.78. The Morgan fingerprint density at radius 1 is 1.14 bits per heavy atom. The number of carbonyl (C=O) groups excluding carboxylic acids is 2. The summed E-state index contributed by atoms with van der Waals surface area (Å²) >= 11 is 11.9. The summed E-state index contributed by atoms with van der Waals surface area (Å²) in [5, 5.41) is 3.19. The van der Waals surface area contributed by atoms with Crippen LogP contribution >= 0.6 is 23.2 Å². The summed E-state index contributed by atoms with van der Waals surface area (Å²) in [5.41, 5.74) is 0.722. The van der Waals surface area contributed by atoms with Crippen molar-refractivity contribution in [2.45, 2.75) is 51.2 Å². The highest BCUT2D eigenvalue weighted by Crippen LogP contribution is 2.25. The second-order valence-corrected chi connectivity index (χ2v) is 11.4. The van der Waals surface area contributed by atoms with Gasteiger partial charge in [-0.25, -0.2) is 12.8 Å². The normalized spacial score (nSPS) is 15.0. The van der Waals surface area contributed by atoms with Crippen LogP contribution in [0.4, 0.5) is 10.1 Å². The quantitative estimate of drug-likeness (QED) is 0.508. The van der Waals surface area contributed by atoms with Crippen LogP contribution in [0.15, 0.2) is 42.5 Å². The van der Waals surface area contributed by atoms with E-state index in [9.17, 15) is 22.4 Å². The Kier molecular flexibility index (Phi) is 9.01. The van der Waals surface area contributed by atoms with E-state index in [1.54, 1.807) is 31.2 Å². The van der Waals surface area contributed by atoms with Gasteiger partial charge in [0.25, 0.3) is 0 Å². The average Bonchev–Trinajstić information content (AvgIpc) is 3.29. The molecule has 1 aliphatic carbocycles. The van der Waals surface area contributed by atoms with Crippen molar-refractivity contribution < 1.29 is 22.4 Å². The second-order valence-electron chi connectivity index (χ2n) is 8.69. The van der Waals surface area contributed by atoms with Gasteiger partial charge in [-0.2, -0.15) is 0 Å².